The van der Waals surface area contributed by atoms with Gasteiger partial charge in [0.05, 0.1) is 23.5 Å². The van der Waals surface area contributed by atoms with E-state index in [1.165, 1.54) is 88.4 Å². The van der Waals surface area contributed by atoms with E-state index >= 15 is 0 Å². The Labute approximate surface area is 227 Å². The van der Waals surface area contributed by atoms with Crippen molar-refractivity contribution in [3.63, 3.8) is 0 Å². The quantitative estimate of drug-likeness (QED) is 0.469. The molecule has 4 bridgehead atoms. The van der Waals surface area contributed by atoms with Gasteiger partial charge in [-0.3, -0.25) is 14.6 Å². The molecule has 0 spiro atoms. The second kappa shape index (κ2) is 10.6. The fraction of sp³-hybridized carbons (Fsp3) is 0.750. The molecule has 0 radical (unpaired) electrons. The predicted octanol–water partition coefficient (Wildman–Crippen LogP) is 6.56. The van der Waals surface area contributed by atoms with Gasteiger partial charge in [-0.25, -0.2) is 4.98 Å². The molecule has 5 fully saturated rings. The van der Waals surface area contributed by atoms with Crippen molar-refractivity contribution in [2.75, 3.05) is 13.1 Å². The van der Waals surface area contributed by atoms with Gasteiger partial charge in [0.1, 0.15) is 5.82 Å². The second-order valence-corrected chi connectivity index (χ2v) is 13.4. The molecule has 0 amide bonds. The third-order valence-electron chi connectivity index (χ3n) is 11.0. The van der Waals surface area contributed by atoms with Crippen molar-refractivity contribution in [1.82, 2.24) is 19.4 Å². The fourth-order valence-corrected chi connectivity index (χ4v) is 9.61. The van der Waals surface area contributed by atoms with Crippen LogP contribution in [-0.2, 0) is 4.79 Å². The number of hydrogen-bond acceptors (Lipinski definition) is 4. The number of rotatable bonds is 6. The van der Waals surface area contributed by atoms with Crippen molar-refractivity contribution in [1.29, 1.82) is 0 Å². The highest BCUT2D eigenvalue weighted by Crippen LogP contribution is 2.48. The molecule has 6 heteroatoms. The van der Waals surface area contributed by atoms with E-state index in [0.717, 1.165) is 42.8 Å². The molecule has 6 nitrogen and oxygen atoms in total. The van der Waals surface area contributed by atoms with Gasteiger partial charge in [0.15, 0.2) is 0 Å². The maximum atomic E-state index is 11.4. The summed E-state index contributed by atoms with van der Waals surface area (Å²) in [6.45, 7) is 1.60. The average Bonchev–Trinajstić information content (AvgIpc) is 3.49. The summed E-state index contributed by atoms with van der Waals surface area (Å²) in [5.41, 5.74) is 2.39. The lowest BCUT2D eigenvalue weighted by Crippen LogP contribution is -2.58. The van der Waals surface area contributed by atoms with Gasteiger partial charge in [-0.1, -0.05) is 44.2 Å². The van der Waals surface area contributed by atoms with Crippen LogP contribution < -0.4 is 0 Å². The van der Waals surface area contributed by atoms with Crippen LogP contribution in [0.15, 0.2) is 24.3 Å². The lowest BCUT2D eigenvalue weighted by Gasteiger charge is -2.55. The van der Waals surface area contributed by atoms with Crippen LogP contribution in [-0.4, -0.2) is 61.6 Å². The lowest BCUT2D eigenvalue weighted by molar-refractivity contribution is -0.137. The van der Waals surface area contributed by atoms with Crippen LogP contribution >= 0.6 is 0 Å². The summed E-state index contributed by atoms with van der Waals surface area (Å²) < 4.78 is 2.64. The van der Waals surface area contributed by atoms with Crippen molar-refractivity contribution in [3.8, 4) is 0 Å². The number of nitrogens with zero attached hydrogens (tertiary/aromatic N) is 4. The first kappa shape index (κ1) is 25.1. The Bertz CT molecular complexity index is 1120. The summed E-state index contributed by atoms with van der Waals surface area (Å²) >= 11 is 0. The normalized spacial score (nSPS) is 36.4. The number of carboxylic acids is 1. The highest BCUT2D eigenvalue weighted by molar-refractivity contribution is 5.76. The molecule has 5 atom stereocenters. The van der Waals surface area contributed by atoms with Gasteiger partial charge < -0.3 is 9.67 Å². The zero-order valence-corrected chi connectivity index (χ0v) is 23.0. The van der Waals surface area contributed by atoms with Crippen LogP contribution in [0, 0.1) is 11.8 Å². The number of para-hydroxylation sites is 2. The van der Waals surface area contributed by atoms with Gasteiger partial charge in [0.2, 0.25) is 0 Å². The Hall–Kier alpha value is -1.92. The summed E-state index contributed by atoms with van der Waals surface area (Å²) in [6, 6.07) is 11.7. The third kappa shape index (κ3) is 4.70. The Kier molecular flexibility index (Phi) is 6.98. The molecule has 3 aliphatic heterocycles. The molecular weight excluding hydrogens is 472 g/mol. The number of imidazole rings is 1. The van der Waals surface area contributed by atoms with Crippen LogP contribution in [0.5, 0.6) is 0 Å². The minimum absolute atomic E-state index is 0.211. The standard InChI is InChI=1S/C32H46N4O2/c37-31(38)14-16-34-15-6-13-30(34)32-33-28-11-3-4-12-29(28)36(32)27-20-24-9-5-10-25(21-27)35(24)26-18-22-7-1-2-8-23(17-22)19-26/h3-4,11-12,22-27,30H,1-2,5-10,13-21H2,(H,37,38). The first-order valence-corrected chi connectivity index (χ1v) is 15.8. The van der Waals surface area contributed by atoms with Crippen molar-refractivity contribution < 1.29 is 9.90 Å². The molecule has 1 aromatic heterocycles. The van der Waals surface area contributed by atoms with E-state index in [1.54, 1.807) is 0 Å². The first-order chi connectivity index (χ1) is 18.6. The SMILES string of the molecule is O=C(O)CCN1CCCC1c1nc2ccccc2n1C1CC2CCCC(C1)N2C1CC2CCCCC(C2)C1. The van der Waals surface area contributed by atoms with Crippen molar-refractivity contribution in [2.24, 2.45) is 11.8 Å². The lowest BCUT2D eigenvalue weighted by atomic mass is 9.73. The highest BCUT2D eigenvalue weighted by Gasteiger charge is 2.45. The Morgan fingerprint density at radius 1 is 0.816 bits per heavy atom. The molecule has 1 aromatic carbocycles. The number of aromatic nitrogens is 2. The van der Waals surface area contributed by atoms with Gasteiger partial charge in [0, 0.05) is 30.7 Å². The van der Waals surface area contributed by atoms with Crippen molar-refractivity contribution in [3.05, 3.63) is 30.1 Å². The van der Waals surface area contributed by atoms with E-state index in [1.807, 2.05) is 0 Å². The molecule has 2 aromatic rings. The number of piperidine rings is 2. The summed E-state index contributed by atoms with van der Waals surface area (Å²) in [5, 5.41) is 9.34. The fourth-order valence-electron chi connectivity index (χ4n) is 9.61. The van der Waals surface area contributed by atoms with E-state index in [0.29, 0.717) is 24.7 Å². The molecule has 5 aliphatic rings. The Morgan fingerprint density at radius 3 is 2.29 bits per heavy atom. The molecule has 2 aliphatic carbocycles. The third-order valence-corrected chi connectivity index (χ3v) is 11.0. The van der Waals surface area contributed by atoms with Gasteiger partial charge in [-0.15, -0.1) is 0 Å². The molecule has 4 heterocycles. The number of hydrogen-bond donors (Lipinski definition) is 1. The number of carboxylic acid groups (broad SMARTS) is 1. The zero-order valence-electron chi connectivity index (χ0n) is 23.0. The summed E-state index contributed by atoms with van der Waals surface area (Å²) in [7, 11) is 0. The van der Waals surface area contributed by atoms with E-state index in [2.05, 4.69) is 38.6 Å². The highest BCUT2D eigenvalue weighted by atomic mass is 16.4. The minimum Gasteiger partial charge on any atom is -0.481 e. The minimum atomic E-state index is -0.702. The van der Waals surface area contributed by atoms with E-state index in [4.69, 9.17) is 4.98 Å². The maximum absolute atomic E-state index is 11.4. The van der Waals surface area contributed by atoms with Gasteiger partial charge >= 0.3 is 5.97 Å². The number of carbonyl (C=O) groups is 1. The molecule has 1 N–H and O–H groups in total. The number of likely N-dealkylation sites (tertiary alicyclic amines) is 1. The smallest absolute Gasteiger partial charge is 0.304 e. The molecule has 5 unspecified atom stereocenters. The summed E-state index contributed by atoms with van der Waals surface area (Å²) in [6.07, 6.45) is 19.3. The Morgan fingerprint density at radius 2 is 1.55 bits per heavy atom. The predicted molar refractivity (Wildman–Crippen MR) is 150 cm³/mol. The van der Waals surface area contributed by atoms with Crippen LogP contribution in [0.3, 0.4) is 0 Å². The van der Waals surface area contributed by atoms with E-state index in [-0.39, 0.29) is 12.5 Å². The van der Waals surface area contributed by atoms with Crippen molar-refractivity contribution in [2.45, 2.75) is 127 Å². The average molecular weight is 519 g/mol. The monoisotopic (exact) mass is 518 g/mol. The number of fused-ring (bicyclic) bond motifs is 5. The van der Waals surface area contributed by atoms with Gasteiger partial charge in [-0.05, 0) is 88.3 Å². The largest absolute Gasteiger partial charge is 0.481 e. The van der Waals surface area contributed by atoms with Crippen molar-refractivity contribution >= 4 is 17.0 Å². The molecule has 38 heavy (non-hydrogen) atoms. The summed E-state index contributed by atoms with van der Waals surface area (Å²) in [5.74, 6) is 2.45. The zero-order chi connectivity index (χ0) is 25.6. The van der Waals surface area contributed by atoms with E-state index in [9.17, 15) is 9.90 Å². The van der Waals surface area contributed by atoms with Gasteiger partial charge in [0.25, 0.3) is 0 Å². The molecular formula is C32H46N4O2. The molecule has 7 rings (SSSR count). The molecule has 2 saturated carbocycles. The second-order valence-electron chi connectivity index (χ2n) is 13.4. The first-order valence-electron chi connectivity index (χ1n) is 15.8. The molecule has 3 saturated heterocycles. The topological polar surface area (TPSA) is 61.6 Å². The summed E-state index contributed by atoms with van der Waals surface area (Å²) in [4.78, 5) is 22.1. The number of benzene rings is 1. The number of aliphatic carboxylic acids is 1. The Balaban J connectivity index is 1.18. The van der Waals surface area contributed by atoms with Crippen LogP contribution in [0.2, 0.25) is 0 Å². The van der Waals surface area contributed by atoms with Crippen LogP contribution in [0.1, 0.15) is 114 Å². The van der Waals surface area contributed by atoms with Gasteiger partial charge in [-0.2, -0.15) is 0 Å². The van der Waals surface area contributed by atoms with Crippen LogP contribution in [0.25, 0.3) is 11.0 Å². The van der Waals surface area contributed by atoms with E-state index < -0.39 is 5.97 Å². The molecule has 206 valence electrons. The maximum Gasteiger partial charge on any atom is 0.304 e. The van der Waals surface area contributed by atoms with Crippen LogP contribution in [0.4, 0.5) is 0 Å².